The number of anilines is 1. The van der Waals surface area contributed by atoms with Gasteiger partial charge in [-0.2, -0.15) is 0 Å². The number of rotatable bonds is 6. The third-order valence-corrected chi connectivity index (χ3v) is 4.27. The first-order chi connectivity index (χ1) is 10.3. The largest absolute Gasteiger partial charge is 0.380 e. The van der Waals surface area contributed by atoms with Gasteiger partial charge in [-0.3, -0.25) is 4.79 Å². The van der Waals surface area contributed by atoms with Crippen LogP contribution in [-0.2, 0) is 9.53 Å². The first-order valence-corrected chi connectivity index (χ1v) is 8.00. The molecule has 2 rings (SSSR count). The van der Waals surface area contributed by atoms with Crippen LogP contribution in [0.25, 0.3) is 0 Å². The fourth-order valence-electron chi connectivity index (χ4n) is 2.84. The molecule has 1 fully saturated rings. The Morgan fingerprint density at radius 1 is 1.41 bits per heavy atom. The molecule has 0 unspecified atom stereocenters. The van der Waals surface area contributed by atoms with E-state index in [9.17, 15) is 4.79 Å². The predicted molar refractivity (Wildman–Crippen MR) is 90.6 cm³/mol. The lowest BCUT2D eigenvalue weighted by molar-refractivity contribution is -0.119. The van der Waals surface area contributed by atoms with Gasteiger partial charge in [-0.05, 0) is 38.1 Å². The van der Waals surface area contributed by atoms with Gasteiger partial charge in [0, 0.05) is 24.9 Å². The van der Waals surface area contributed by atoms with Crippen LogP contribution in [-0.4, -0.2) is 44.2 Å². The number of carbonyl (C=O) groups excluding carboxylic acids is 1. The maximum absolute atomic E-state index is 12.1. The molecular weight excluding hydrogens is 300 g/mol. The Balaban J connectivity index is 1.83. The minimum Gasteiger partial charge on any atom is -0.380 e. The van der Waals surface area contributed by atoms with E-state index < -0.39 is 0 Å². The van der Waals surface area contributed by atoms with Crippen molar-refractivity contribution in [2.24, 2.45) is 5.41 Å². The lowest BCUT2D eigenvalue weighted by atomic mass is 9.88. The standard InChI is InChI=1S/C17H25ClN2O2/c1-12-7-13(2)16(14(18)8-12)19-15(21)5-6-20(4)9-17(3)10-22-11-17/h7-8H,5-6,9-11H2,1-4H3,(H,19,21). The number of nitrogens with one attached hydrogen (secondary N) is 1. The van der Waals surface area contributed by atoms with E-state index in [0.29, 0.717) is 11.4 Å². The van der Waals surface area contributed by atoms with Crippen molar-refractivity contribution in [1.29, 1.82) is 0 Å². The smallest absolute Gasteiger partial charge is 0.225 e. The van der Waals surface area contributed by atoms with Crippen LogP contribution in [0.4, 0.5) is 5.69 Å². The Bertz CT molecular complexity index is 533. The molecule has 0 aromatic heterocycles. The number of aryl methyl sites for hydroxylation is 2. The van der Waals surface area contributed by atoms with Gasteiger partial charge >= 0.3 is 0 Å². The molecule has 1 aromatic rings. The van der Waals surface area contributed by atoms with Crippen molar-refractivity contribution in [3.05, 3.63) is 28.3 Å². The second-order valence-corrected chi connectivity index (χ2v) is 7.19. The molecule has 5 heteroatoms. The normalized spacial score (nSPS) is 16.5. The molecule has 4 nitrogen and oxygen atoms in total. The van der Waals surface area contributed by atoms with Crippen LogP contribution in [0.5, 0.6) is 0 Å². The molecule has 122 valence electrons. The summed E-state index contributed by atoms with van der Waals surface area (Å²) in [7, 11) is 2.04. The van der Waals surface area contributed by atoms with Gasteiger partial charge in [0.15, 0.2) is 0 Å². The Hall–Kier alpha value is -1.10. The third kappa shape index (κ3) is 4.45. The fraction of sp³-hybridized carbons (Fsp3) is 0.588. The number of carbonyl (C=O) groups is 1. The van der Waals surface area contributed by atoms with E-state index >= 15 is 0 Å². The van der Waals surface area contributed by atoms with Crippen molar-refractivity contribution in [1.82, 2.24) is 4.90 Å². The van der Waals surface area contributed by atoms with Gasteiger partial charge in [-0.1, -0.05) is 24.6 Å². The summed E-state index contributed by atoms with van der Waals surface area (Å²) in [6.45, 7) is 9.45. The van der Waals surface area contributed by atoms with Crippen molar-refractivity contribution in [2.45, 2.75) is 27.2 Å². The first-order valence-electron chi connectivity index (χ1n) is 7.62. The fourth-order valence-corrected chi connectivity index (χ4v) is 3.21. The summed E-state index contributed by atoms with van der Waals surface area (Å²) in [4.78, 5) is 14.3. The monoisotopic (exact) mass is 324 g/mol. The van der Waals surface area contributed by atoms with Gasteiger partial charge < -0.3 is 15.0 Å². The zero-order valence-electron chi connectivity index (χ0n) is 13.8. The SMILES string of the molecule is Cc1cc(C)c(NC(=O)CCN(C)CC2(C)COC2)c(Cl)c1. The first kappa shape index (κ1) is 17.3. The Morgan fingerprint density at radius 2 is 2.09 bits per heavy atom. The summed E-state index contributed by atoms with van der Waals surface area (Å²) in [5.74, 6) is -0.00397. The van der Waals surface area contributed by atoms with Crippen molar-refractivity contribution in [3.8, 4) is 0 Å². The third-order valence-electron chi connectivity index (χ3n) is 3.97. The van der Waals surface area contributed by atoms with E-state index in [4.69, 9.17) is 16.3 Å². The van der Waals surface area contributed by atoms with Crippen LogP contribution >= 0.6 is 11.6 Å². The maximum atomic E-state index is 12.1. The van der Waals surface area contributed by atoms with Gasteiger partial charge in [-0.15, -0.1) is 0 Å². The number of hydrogen-bond acceptors (Lipinski definition) is 3. The van der Waals surface area contributed by atoms with Gasteiger partial charge in [0.2, 0.25) is 5.91 Å². The number of benzene rings is 1. The summed E-state index contributed by atoms with van der Waals surface area (Å²) in [6.07, 6.45) is 0.455. The van der Waals surface area contributed by atoms with Crippen molar-refractivity contribution < 1.29 is 9.53 Å². The second-order valence-electron chi connectivity index (χ2n) is 6.78. The molecule has 0 spiro atoms. The highest BCUT2D eigenvalue weighted by Crippen LogP contribution is 2.28. The van der Waals surface area contributed by atoms with Crippen LogP contribution in [0.1, 0.15) is 24.5 Å². The molecule has 1 heterocycles. The second kappa shape index (κ2) is 6.99. The molecule has 1 aliphatic heterocycles. The van der Waals surface area contributed by atoms with Gasteiger partial charge in [0.25, 0.3) is 0 Å². The van der Waals surface area contributed by atoms with E-state index in [1.165, 1.54) is 0 Å². The summed E-state index contributed by atoms with van der Waals surface area (Å²) in [5, 5.41) is 3.53. The summed E-state index contributed by atoms with van der Waals surface area (Å²) >= 11 is 6.22. The molecule has 22 heavy (non-hydrogen) atoms. The van der Waals surface area contributed by atoms with Crippen molar-refractivity contribution >= 4 is 23.2 Å². The minimum atomic E-state index is -0.00397. The van der Waals surface area contributed by atoms with Gasteiger partial charge in [0.1, 0.15) is 0 Å². The number of hydrogen-bond donors (Lipinski definition) is 1. The molecule has 0 aliphatic carbocycles. The lowest BCUT2D eigenvalue weighted by Crippen LogP contribution is -2.48. The Labute approximate surface area is 137 Å². The Morgan fingerprint density at radius 3 is 2.64 bits per heavy atom. The van der Waals surface area contributed by atoms with Crippen LogP contribution in [0.2, 0.25) is 5.02 Å². The molecule has 0 atom stereocenters. The molecule has 1 saturated heterocycles. The molecular formula is C17H25ClN2O2. The van der Waals surface area contributed by atoms with Gasteiger partial charge in [0.05, 0.1) is 23.9 Å². The summed E-state index contributed by atoms with van der Waals surface area (Å²) < 4.78 is 5.26. The van der Waals surface area contributed by atoms with Crippen LogP contribution < -0.4 is 5.32 Å². The minimum absolute atomic E-state index is 0.00397. The van der Waals surface area contributed by atoms with Crippen molar-refractivity contribution in [2.75, 3.05) is 38.7 Å². The van der Waals surface area contributed by atoms with Gasteiger partial charge in [-0.25, -0.2) is 0 Å². The highest BCUT2D eigenvalue weighted by molar-refractivity contribution is 6.34. The van der Waals surface area contributed by atoms with E-state index in [1.807, 2.05) is 33.0 Å². The zero-order valence-corrected chi connectivity index (χ0v) is 14.6. The topological polar surface area (TPSA) is 41.6 Å². The quantitative estimate of drug-likeness (QED) is 0.873. The molecule has 1 N–H and O–H groups in total. The van der Waals surface area contributed by atoms with Crippen molar-refractivity contribution in [3.63, 3.8) is 0 Å². The molecule has 1 aliphatic rings. The maximum Gasteiger partial charge on any atom is 0.225 e. The molecule has 0 bridgehead atoms. The number of amides is 1. The van der Waals surface area contributed by atoms with E-state index in [2.05, 4.69) is 17.1 Å². The number of nitrogens with zero attached hydrogens (tertiary/aromatic N) is 1. The van der Waals surface area contributed by atoms with Crippen LogP contribution in [0, 0.1) is 19.3 Å². The highest BCUT2D eigenvalue weighted by Gasteiger charge is 2.34. The molecule has 0 saturated carbocycles. The Kier molecular flexibility index (Phi) is 5.48. The molecule has 1 amide bonds. The zero-order chi connectivity index (χ0) is 16.3. The number of halogens is 1. The summed E-state index contributed by atoms with van der Waals surface area (Å²) in [5.41, 5.74) is 3.04. The van der Waals surface area contributed by atoms with Crippen LogP contribution in [0.15, 0.2) is 12.1 Å². The summed E-state index contributed by atoms with van der Waals surface area (Å²) in [6, 6.07) is 3.89. The average molecular weight is 325 g/mol. The lowest BCUT2D eigenvalue weighted by Gasteiger charge is -2.40. The van der Waals surface area contributed by atoms with E-state index in [0.717, 1.165) is 43.1 Å². The molecule has 1 aromatic carbocycles. The van der Waals surface area contributed by atoms with Crippen LogP contribution in [0.3, 0.4) is 0 Å². The van der Waals surface area contributed by atoms with E-state index in [1.54, 1.807) is 0 Å². The number of ether oxygens (including phenoxy) is 1. The predicted octanol–water partition coefficient (Wildman–Crippen LogP) is 3.25. The average Bonchev–Trinajstić information content (AvgIpc) is 2.38. The highest BCUT2D eigenvalue weighted by atomic mass is 35.5. The molecule has 0 radical (unpaired) electrons. The van der Waals surface area contributed by atoms with E-state index in [-0.39, 0.29) is 11.3 Å².